The summed E-state index contributed by atoms with van der Waals surface area (Å²) in [5.41, 5.74) is 39.3. The van der Waals surface area contributed by atoms with Crippen LogP contribution in [-0.4, -0.2) is 15.8 Å². The van der Waals surface area contributed by atoms with Crippen LogP contribution in [0.3, 0.4) is 0 Å². The Balaban J connectivity index is 0.849. The van der Waals surface area contributed by atoms with E-state index in [0.29, 0.717) is 0 Å². The maximum atomic E-state index is 2.65. The molecule has 0 saturated heterocycles. The van der Waals surface area contributed by atoms with Crippen LogP contribution in [0.2, 0.25) is 0 Å². The van der Waals surface area contributed by atoms with Gasteiger partial charge in [-0.3, -0.25) is 0 Å². The molecule has 0 unspecified atom stereocenters. The zero-order valence-electron chi connectivity index (χ0n) is 67.9. The average molecular weight is 1480 g/mol. The van der Waals surface area contributed by atoms with Gasteiger partial charge in [0.2, 0.25) is 0 Å². The van der Waals surface area contributed by atoms with Crippen LogP contribution in [0, 0.1) is 0 Å². The Bertz CT molecular complexity index is 6690. The molecule has 0 N–H and O–H groups in total. The third-order valence-corrected chi connectivity index (χ3v) is 27.0. The van der Waals surface area contributed by atoms with Crippen molar-refractivity contribution in [2.75, 3.05) is 9.80 Å². The fraction of sp³-hybridized carbons (Fsp3) is 0.182. The van der Waals surface area contributed by atoms with Crippen molar-refractivity contribution in [3.05, 3.63) is 355 Å². The average Bonchev–Trinajstić information content (AvgIpc) is 1.36. The van der Waals surface area contributed by atoms with Gasteiger partial charge in [0.05, 0.1) is 27.8 Å². The lowest BCUT2D eigenvalue weighted by Crippen LogP contribution is -2.61. The molecule has 0 fully saturated rings. The lowest BCUT2D eigenvalue weighted by atomic mass is 9.33. The van der Waals surface area contributed by atoms with Gasteiger partial charge in [-0.15, -0.1) is 0 Å². The topological polar surface area (TPSA) is 16.3 Å². The second kappa shape index (κ2) is 26.1. The van der Waals surface area contributed by atoms with E-state index in [2.05, 4.69) is 423 Å². The summed E-state index contributed by atoms with van der Waals surface area (Å²) >= 11 is 0. The van der Waals surface area contributed by atoms with Gasteiger partial charge in [0.25, 0.3) is 6.71 Å². The molecule has 2 aromatic heterocycles. The lowest BCUT2D eigenvalue weighted by Gasteiger charge is -2.44. The molecule has 21 rings (SSSR count). The van der Waals surface area contributed by atoms with Crippen molar-refractivity contribution < 1.29 is 0 Å². The van der Waals surface area contributed by atoms with Gasteiger partial charge in [-0.1, -0.05) is 307 Å². The van der Waals surface area contributed by atoms with Crippen LogP contribution in [0.5, 0.6) is 0 Å². The number of hydrogen-bond donors (Lipinski definition) is 0. The molecule has 0 amide bonds. The predicted octanol–water partition coefficient (Wildman–Crippen LogP) is 28.0. The van der Waals surface area contributed by atoms with Crippen molar-refractivity contribution in [2.45, 2.75) is 129 Å². The van der Waals surface area contributed by atoms with Gasteiger partial charge in [0.1, 0.15) is 0 Å². The smallest absolute Gasteiger partial charge is 0.252 e. The molecule has 2 aliphatic carbocycles. The zero-order valence-corrected chi connectivity index (χ0v) is 67.9. The van der Waals surface area contributed by atoms with Crippen molar-refractivity contribution >= 4 is 101 Å². The van der Waals surface area contributed by atoms with Crippen molar-refractivity contribution in [1.82, 2.24) is 9.13 Å². The van der Waals surface area contributed by atoms with Crippen LogP contribution < -0.4 is 26.2 Å². The summed E-state index contributed by atoms with van der Waals surface area (Å²) in [5, 5.41) is 4.85. The minimum Gasteiger partial charge on any atom is -0.311 e. The molecule has 4 aliphatic rings. The standard InChI is InChI=1S/C110H95BN4/c1-106(2,3)82-43-31-73(32-44-82)81-42-56-101-96(66-81)111-95-52-49-85(114-97-30-22-21-29-87(97)88-61-76(39-53-98(88)114)70-23-15-12-16-24-70)67-102(95)113(84-47-35-75(36-48-84)80-38-51-92-94(65-80)110(10,11)60-58-108(92,6)7)104-69-86(68-103(105(104)111)112(101)83-45-33-74(34-46-83)79-37-50-91-93(64-79)109(8,9)59-57-107(91,4)5)115-99-54-40-77(71-25-17-13-18-26-71)62-89(99)90-63-78(41-55-100(90)115)72-27-19-14-20-28-72/h12-56,61-69H,57-60H2,1-11H3. The molecule has 0 bridgehead atoms. The minimum absolute atomic E-state index is 0.00308. The molecule has 0 atom stereocenters. The van der Waals surface area contributed by atoms with E-state index in [0.717, 1.165) is 74.9 Å². The van der Waals surface area contributed by atoms with Crippen molar-refractivity contribution in [1.29, 1.82) is 0 Å². The van der Waals surface area contributed by atoms with E-state index >= 15 is 0 Å². The molecular formula is C110H95BN4. The molecule has 17 aromatic rings. The molecule has 4 heterocycles. The lowest BCUT2D eigenvalue weighted by molar-refractivity contribution is 0.332. The first-order valence-electron chi connectivity index (χ1n) is 41.6. The number of fused-ring (bicyclic) bond motifs is 12. The highest BCUT2D eigenvalue weighted by molar-refractivity contribution is 7.00. The second-order valence-corrected chi connectivity index (χ2v) is 37.0. The summed E-state index contributed by atoms with van der Waals surface area (Å²) in [7, 11) is 0. The van der Waals surface area contributed by atoms with Crippen LogP contribution in [0.25, 0.3) is 122 Å². The highest BCUT2D eigenvalue weighted by Crippen LogP contribution is 2.53. The van der Waals surface area contributed by atoms with E-state index in [1.807, 2.05) is 0 Å². The molecule has 558 valence electrons. The minimum atomic E-state index is -0.212. The Morgan fingerprint density at radius 2 is 0.583 bits per heavy atom. The van der Waals surface area contributed by atoms with Crippen LogP contribution >= 0.6 is 0 Å². The van der Waals surface area contributed by atoms with E-state index in [1.165, 1.54) is 151 Å². The normalized spacial score (nSPS) is 15.5. The number of anilines is 6. The highest BCUT2D eigenvalue weighted by Gasteiger charge is 2.46. The molecule has 0 saturated carbocycles. The van der Waals surface area contributed by atoms with Crippen molar-refractivity contribution in [3.8, 4) is 78.1 Å². The Labute approximate surface area is 677 Å². The summed E-state index contributed by atoms with van der Waals surface area (Å²) in [6, 6.07) is 126. The molecule has 0 spiro atoms. The largest absolute Gasteiger partial charge is 0.311 e. The second-order valence-electron chi connectivity index (χ2n) is 37.0. The van der Waals surface area contributed by atoms with E-state index in [1.54, 1.807) is 0 Å². The highest BCUT2D eigenvalue weighted by atomic mass is 15.2. The molecule has 2 aliphatic heterocycles. The summed E-state index contributed by atoms with van der Waals surface area (Å²) in [6.45, 7) is 26.2. The third-order valence-electron chi connectivity index (χ3n) is 27.0. The van der Waals surface area contributed by atoms with Gasteiger partial charge in [0, 0.05) is 61.4 Å². The number of rotatable bonds is 10. The van der Waals surface area contributed by atoms with Crippen molar-refractivity contribution in [3.63, 3.8) is 0 Å². The fourth-order valence-electron chi connectivity index (χ4n) is 20.3. The monoisotopic (exact) mass is 1480 g/mol. The molecule has 4 nitrogen and oxygen atoms in total. The first-order valence-corrected chi connectivity index (χ1v) is 41.6. The van der Waals surface area contributed by atoms with Crippen LogP contribution in [-0.2, 0) is 27.1 Å². The molecule has 0 radical (unpaired) electrons. The third kappa shape index (κ3) is 11.5. The van der Waals surface area contributed by atoms with Gasteiger partial charge in [0.15, 0.2) is 0 Å². The fourth-order valence-corrected chi connectivity index (χ4v) is 20.3. The van der Waals surface area contributed by atoms with E-state index in [-0.39, 0.29) is 33.8 Å². The van der Waals surface area contributed by atoms with Gasteiger partial charge in [-0.2, -0.15) is 0 Å². The SMILES string of the molecule is CC(C)(C)c1ccc(-c2ccc3c(c2)B2c4ccc(-n5c6ccccc6c6cc(-c7ccccc7)ccc65)cc4N(c4ccc(-c5ccc6c(c5)C(C)(C)CCC6(C)C)cc4)c4cc(-n5c6ccc(-c7ccccc7)cc6c6cc(-c7ccccc7)ccc65)cc(c42)N3c2ccc(-c3ccc4c(c3)C(C)(C)CCC4(C)C)cc2)cc1. The number of benzene rings is 15. The van der Waals surface area contributed by atoms with Crippen LogP contribution in [0.15, 0.2) is 328 Å². The summed E-state index contributed by atoms with van der Waals surface area (Å²) in [5.74, 6) is 0. The van der Waals surface area contributed by atoms with E-state index in [4.69, 9.17) is 0 Å². The number of nitrogens with zero attached hydrogens (tertiary/aromatic N) is 4. The molecule has 115 heavy (non-hydrogen) atoms. The summed E-state index contributed by atoms with van der Waals surface area (Å²) in [6.07, 6.45) is 4.67. The molecular weight excluding hydrogens is 1390 g/mol. The zero-order chi connectivity index (χ0) is 78.2. The van der Waals surface area contributed by atoms with Crippen LogP contribution in [0.1, 0.15) is 130 Å². The van der Waals surface area contributed by atoms with Crippen molar-refractivity contribution in [2.24, 2.45) is 0 Å². The number of para-hydroxylation sites is 1. The maximum absolute atomic E-state index is 2.65. The maximum Gasteiger partial charge on any atom is 0.252 e. The van der Waals surface area contributed by atoms with Gasteiger partial charge in [-0.05, 0) is 261 Å². The first-order chi connectivity index (χ1) is 55.6. The van der Waals surface area contributed by atoms with Crippen LogP contribution in [0.4, 0.5) is 34.1 Å². The number of hydrogen-bond acceptors (Lipinski definition) is 2. The van der Waals surface area contributed by atoms with Gasteiger partial charge >= 0.3 is 0 Å². The predicted molar refractivity (Wildman–Crippen MR) is 491 cm³/mol. The molecule has 5 heteroatoms. The molecule has 15 aromatic carbocycles. The van der Waals surface area contributed by atoms with Gasteiger partial charge < -0.3 is 18.9 Å². The Morgan fingerprint density at radius 3 is 1.05 bits per heavy atom. The first kappa shape index (κ1) is 70.4. The Hall–Kier alpha value is -12.4. The summed E-state index contributed by atoms with van der Waals surface area (Å²) < 4.78 is 5.10. The quantitative estimate of drug-likeness (QED) is 0.127. The number of aromatic nitrogens is 2. The van der Waals surface area contributed by atoms with E-state index in [9.17, 15) is 0 Å². The van der Waals surface area contributed by atoms with E-state index < -0.39 is 0 Å². The Morgan fingerprint density at radius 1 is 0.243 bits per heavy atom. The Kier molecular flexibility index (Phi) is 16.0. The van der Waals surface area contributed by atoms with Gasteiger partial charge in [-0.25, -0.2) is 0 Å². The summed E-state index contributed by atoms with van der Waals surface area (Å²) in [4.78, 5) is 5.27.